The molecule has 0 aliphatic rings. The molecule has 96 valence electrons. The predicted octanol–water partition coefficient (Wildman–Crippen LogP) is 4.57. The molecule has 0 bridgehead atoms. The van der Waals surface area contributed by atoms with Gasteiger partial charge in [0, 0.05) is 6.20 Å². The molecule has 2 aromatic carbocycles. The Labute approximate surface area is 113 Å². The highest BCUT2D eigenvalue weighted by Crippen LogP contribution is 2.32. The number of rotatable bonds is 1. The molecule has 0 spiro atoms. The van der Waals surface area contributed by atoms with Crippen molar-refractivity contribution in [2.75, 3.05) is 0 Å². The van der Waals surface area contributed by atoms with Crippen LogP contribution in [0.4, 0.5) is 0 Å². The van der Waals surface area contributed by atoms with Crippen LogP contribution in [0.25, 0.3) is 21.5 Å². The largest absolute Gasteiger partial charge is 0.471 e. The van der Waals surface area contributed by atoms with Crippen LogP contribution in [-0.4, -0.2) is 10.6 Å². The molecular formula is C17H17NO. The fourth-order valence-electron chi connectivity index (χ4n) is 2.28. The lowest BCUT2D eigenvalue weighted by Crippen LogP contribution is -2.23. The first-order valence-corrected chi connectivity index (χ1v) is 6.50. The minimum absolute atomic E-state index is 0.252. The lowest BCUT2D eigenvalue weighted by atomic mass is 10.0. The summed E-state index contributed by atoms with van der Waals surface area (Å²) in [6, 6.07) is 14.6. The summed E-state index contributed by atoms with van der Waals surface area (Å²) >= 11 is 0. The van der Waals surface area contributed by atoms with Crippen molar-refractivity contribution in [3.63, 3.8) is 0 Å². The molecule has 0 unspecified atom stereocenters. The van der Waals surface area contributed by atoms with Crippen molar-refractivity contribution in [1.29, 1.82) is 0 Å². The predicted molar refractivity (Wildman–Crippen MR) is 79.6 cm³/mol. The Kier molecular flexibility index (Phi) is 2.67. The first-order valence-electron chi connectivity index (χ1n) is 6.50. The topological polar surface area (TPSA) is 22.1 Å². The number of aromatic nitrogens is 1. The lowest BCUT2D eigenvalue weighted by Gasteiger charge is -2.21. The van der Waals surface area contributed by atoms with Crippen LogP contribution in [0.15, 0.2) is 48.7 Å². The lowest BCUT2D eigenvalue weighted by molar-refractivity contribution is 0.126. The second-order valence-electron chi connectivity index (χ2n) is 5.72. The van der Waals surface area contributed by atoms with Crippen molar-refractivity contribution in [3.05, 3.63) is 48.7 Å². The van der Waals surface area contributed by atoms with E-state index in [1.165, 1.54) is 10.8 Å². The molecule has 0 amide bonds. The summed E-state index contributed by atoms with van der Waals surface area (Å²) in [5.41, 5.74) is -0.252. The molecule has 3 aromatic rings. The van der Waals surface area contributed by atoms with Crippen LogP contribution in [0.5, 0.6) is 5.88 Å². The summed E-state index contributed by atoms with van der Waals surface area (Å²) in [5, 5.41) is 4.65. The van der Waals surface area contributed by atoms with E-state index in [0.717, 1.165) is 10.8 Å². The summed E-state index contributed by atoms with van der Waals surface area (Å²) in [7, 11) is 0. The third kappa shape index (κ3) is 2.26. The molecular weight excluding hydrogens is 234 g/mol. The van der Waals surface area contributed by atoms with Crippen molar-refractivity contribution >= 4 is 21.5 Å². The van der Waals surface area contributed by atoms with Gasteiger partial charge in [0.05, 0.1) is 5.39 Å². The maximum Gasteiger partial charge on any atom is 0.222 e. The van der Waals surface area contributed by atoms with E-state index in [2.05, 4.69) is 41.4 Å². The molecule has 3 rings (SSSR count). The molecule has 1 heterocycles. The van der Waals surface area contributed by atoms with Gasteiger partial charge in [-0.2, -0.15) is 0 Å². The maximum absolute atomic E-state index is 6.01. The maximum atomic E-state index is 6.01. The first kappa shape index (κ1) is 12.0. The van der Waals surface area contributed by atoms with E-state index in [9.17, 15) is 0 Å². The van der Waals surface area contributed by atoms with E-state index in [1.807, 2.05) is 26.8 Å². The highest BCUT2D eigenvalue weighted by Gasteiger charge is 2.16. The van der Waals surface area contributed by atoms with E-state index < -0.39 is 0 Å². The fourth-order valence-corrected chi connectivity index (χ4v) is 2.28. The van der Waals surface area contributed by atoms with Crippen molar-refractivity contribution < 1.29 is 4.74 Å². The van der Waals surface area contributed by atoms with E-state index in [1.54, 1.807) is 6.20 Å². The summed E-state index contributed by atoms with van der Waals surface area (Å²) in [4.78, 5) is 4.42. The number of ether oxygens (including phenoxy) is 1. The van der Waals surface area contributed by atoms with Crippen molar-refractivity contribution in [2.45, 2.75) is 26.4 Å². The zero-order chi connectivity index (χ0) is 13.5. The van der Waals surface area contributed by atoms with Crippen LogP contribution in [0.3, 0.4) is 0 Å². The van der Waals surface area contributed by atoms with E-state index in [4.69, 9.17) is 4.74 Å². The molecule has 0 radical (unpaired) electrons. The van der Waals surface area contributed by atoms with Crippen LogP contribution < -0.4 is 4.74 Å². The summed E-state index contributed by atoms with van der Waals surface area (Å²) in [6.45, 7) is 6.12. The van der Waals surface area contributed by atoms with E-state index in [-0.39, 0.29) is 5.60 Å². The summed E-state index contributed by atoms with van der Waals surface area (Å²) < 4.78 is 6.01. The Bertz CT molecular complexity index is 741. The molecule has 0 aliphatic carbocycles. The normalized spacial score (nSPS) is 11.9. The molecule has 0 atom stereocenters. The molecule has 0 saturated heterocycles. The number of hydrogen-bond acceptors (Lipinski definition) is 2. The van der Waals surface area contributed by atoms with Gasteiger partial charge in [0.1, 0.15) is 5.60 Å². The van der Waals surface area contributed by atoms with Crippen molar-refractivity contribution in [2.24, 2.45) is 0 Å². The second-order valence-corrected chi connectivity index (χ2v) is 5.72. The van der Waals surface area contributed by atoms with E-state index in [0.29, 0.717) is 5.88 Å². The van der Waals surface area contributed by atoms with Gasteiger partial charge in [-0.3, -0.25) is 0 Å². The van der Waals surface area contributed by atoms with Gasteiger partial charge in [-0.1, -0.05) is 36.4 Å². The number of fused-ring (bicyclic) bond motifs is 3. The summed E-state index contributed by atoms with van der Waals surface area (Å²) in [5.74, 6) is 0.710. The first-order chi connectivity index (χ1) is 9.04. The fraction of sp³-hybridized carbons (Fsp3) is 0.235. The molecule has 0 fully saturated rings. The summed E-state index contributed by atoms with van der Waals surface area (Å²) in [6.07, 6.45) is 1.80. The number of hydrogen-bond donors (Lipinski definition) is 0. The van der Waals surface area contributed by atoms with Gasteiger partial charge in [0.2, 0.25) is 5.88 Å². The number of nitrogens with zero attached hydrogens (tertiary/aromatic N) is 1. The zero-order valence-electron chi connectivity index (χ0n) is 11.5. The molecule has 0 saturated carbocycles. The van der Waals surface area contributed by atoms with Gasteiger partial charge in [-0.15, -0.1) is 0 Å². The molecule has 2 heteroatoms. The quantitative estimate of drug-likeness (QED) is 0.591. The number of benzene rings is 2. The van der Waals surface area contributed by atoms with Crippen molar-refractivity contribution in [3.8, 4) is 5.88 Å². The smallest absolute Gasteiger partial charge is 0.222 e. The van der Waals surface area contributed by atoms with Gasteiger partial charge in [-0.25, -0.2) is 4.98 Å². The van der Waals surface area contributed by atoms with E-state index >= 15 is 0 Å². The second kappa shape index (κ2) is 4.23. The molecule has 19 heavy (non-hydrogen) atoms. The Morgan fingerprint density at radius 3 is 2.42 bits per heavy atom. The standard InChI is InChI=1S/C17H17NO/c1-17(2,3)19-16-15-13(10-11-18-16)9-8-12-6-4-5-7-14(12)15/h4-11H,1-3H3. The molecule has 0 aliphatic heterocycles. The number of pyridine rings is 1. The highest BCUT2D eigenvalue weighted by molar-refractivity contribution is 6.09. The Hall–Kier alpha value is -2.09. The minimum atomic E-state index is -0.252. The van der Waals surface area contributed by atoms with Gasteiger partial charge in [-0.05, 0) is 43.0 Å². The van der Waals surface area contributed by atoms with Gasteiger partial charge in [0.15, 0.2) is 0 Å². The third-order valence-corrected chi connectivity index (χ3v) is 3.02. The van der Waals surface area contributed by atoms with Crippen molar-refractivity contribution in [1.82, 2.24) is 4.98 Å². The molecule has 0 N–H and O–H groups in total. The van der Waals surface area contributed by atoms with Crippen LogP contribution in [-0.2, 0) is 0 Å². The van der Waals surface area contributed by atoms with Gasteiger partial charge < -0.3 is 4.74 Å². The highest BCUT2D eigenvalue weighted by atomic mass is 16.5. The average molecular weight is 251 g/mol. The van der Waals surface area contributed by atoms with Gasteiger partial charge >= 0.3 is 0 Å². The van der Waals surface area contributed by atoms with Crippen LogP contribution in [0, 0.1) is 0 Å². The van der Waals surface area contributed by atoms with Crippen LogP contribution in [0.1, 0.15) is 20.8 Å². The Morgan fingerprint density at radius 1 is 0.895 bits per heavy atom. The Balaban J connectivity index is 2.36. The SMILES string of the molecule is CC(C)(C)Oc1nccc2ccc3ccccc3c12. The average Bonchev–Trinajstić information content (AvgIpc) is 2.37. The van der Waals surface area contributed by atoms with Gasteiger partial charge in [0.25, 0.3) is 0 Å². The molecule has 1 aromatic heterocycles. The molecule has 2 nitrogen and oxygen atoms in total. The van der Waals surface area contributed by atoms with Crippen LogP contribution in [0.2, 0.25) is 0 Å². The van der Waals surface area contributed by atoms with Crippen LogP contribution >= 0.6 is 0 Å². The minimum Gasteiger partial charge on any atom is -0.471 e. The zero-order valence-corrected chi connectivity index (χ0v) is 11.5. The Morgan fingerprint density at radius 2 is 1.63 bits per heavy atom. The monoisotopic (exact) mass is 251 g/mol. The third-order valence-electron chi connectivity index (χ3n) is 3.02.